The minimum absolute atomic E-state index is 0.0148. The second kappa shape index (κ2) is 8.73. The molecule has 0 aliphatic heterocycles. The Balaban J connectivity index is 1.81. The highest BCUT2D eigenvalue weighted by molar-refractivity contribution is 7.99. The van der Waals surface area contributed by atoms with Crippen molar-refractivity contribution < 1.29 is 4.74 Å². The van der Waals surface area contributed by atoms with Gasteiger partial charge < -0.3 is 4.74 Å². The van der Waals surface area contributed by atoms with Gasteiger partial charge in [-0.2, -0.15) is 0 Å². The lowest BCUT2D eigenvalue weighted by Gasteiger charge is -2.12. The van der Waals surface area contributed by atoms with Gasteiger partial charge in [0.15, 0.2) is 5.16 Å². The first-order valence-corrected chi connectivity index (χ1v) is 10.8. The summed E-state index contributed by atoms with van der Waals surface area (Å²) >= 11 is 3.07. The predicted octanol–water partition coefficient (Wildman–Crippen LogP) is 4.91. The van der Waals surface area contributed by atoms with Crippen molar-refractivity contribution in [3.8, 4) is 10.4 Å². The molecule has 0 bridgehead atoms. The summed E-state index contributed by atoms with van der Waals surface area (Å²) in [6.07, 6.45) is 0. The van der Waals surface area contributed by atoms with Crippen LogP contribution >= 0.6 is 23.1 Å². The van der Waals surface area contributed by atoms with E-state index in [1.807, 2.05) is 54.6 Å². The molecular weight excluding hydrogens is 388 g/mol. The van der Waals surface area contributed by atoms with Crippen LogP contribution < -0.4 is 5.56 Å². The van der Waals surface area contributed by atoms with Crippen molar-refractivity contribution >= 4 is 33.3 Å². The molecule has 4 nitrogen and oxygen atoms in total. The Labute approximate surface area is 171 Å². The molecule has 0 unspecified atom stereocenters. The van der Waals surface area contributed by atoms with E-state index in [0.717, 1.165) is 32.4 Å². The average Bonchev–Trinajstić information content (AvgIpc) is 3.17. The molecule has 2 aromatic heterocycles. The third-order valence-electron chi connectivity index (χ3n) is 4.36. The number of methoxy groups -OCH3 is 1. The number of nitrogens with zero attached hydrogens (tertiary/aromatic N) is 2. The first-order valence-electron chi connectivity index (χ1n) is 9.02. The summed E-state index contributed by atoms with van der Waals surface area (Å²) in [4.78, 5) is 19.2. The van der Waals surface area contributed by atoms with E-state index >= 15 is 0 Å². The van der Waals surface area contributed by atoms with E-state index in [2.05, 4.69) is 12.1 Å². The summed E-state index contributed by atoms with van der Waals surface area (Å²) in [5.74, 6) is 0.749. The Morgan fingerprint density at radius 1 is 1.07 bits per heavy atom. The Morgan fingerprint density at radius 3 is 2.50 bits per heavy atom. The van der Waals surface area contributed by atoms with Gasteiger partial charge in [-0.1, -0.05) is 72.4 Å². The van der Waals surface area contributed by atoms with E-state index in [4.69, 9.17) is 9.72 Å². The first kappa shape index (κ1) is 18.9. The molecule has 0 spiro atoms. The molecule has 4 rings (SSSR count). The fourth-order valence-corrected chi connectivity index (χ4v) is 4.92. The maximum Gasteiger partial charge on any atom is 0.272 e. The monoisotopic (exact) mass is 408 g/mol. The van der Waals surface area contributed by atoms with E-state index in [-0.39, 0.29) is 5.56 Å². The molecule has 0 N–H and O–H groups in total. The van der Waals surface area contributed by atoms with Gasteiger partial charge in [0.05, 0.1) is 18.7 Å². The smallest absolute Gasteiger partial charge is 0.272 e. The Morgan fingerprint density at radius 2 is 1.79 bits per heavy atom. The SMILES string of the molecule is COCCSc1nc2cc(-c3ccccc3)sc2c(=O)n1Cc1ccccc1. The highest BCUT2D eigenvalue weighted by Gasteiger charge is 2.15. The summed E-state index contributed by atoms with van der Waals surface area (Å²) in [5, 5.41) is 0.732. The molecule has 0 fully saturated rings. The molecule has 4 aromatic rings. The topological polar surface area (TPSA) is 44.1 Å². The minimum atomic E-state index is 0.0148. The van der Waals surface area contributed by atoms with Gasteiger partial charge in [-0.05, 0) is 17.2 Å². The van der Waals surface area contributed by atoms with Crippen molar-refractivity contribution in [2.75, 3.05) is 19.5 Å². The van der Waals surface area contributed by atoms with Gasteiger partial charge >= 0.3 is 0 Å². The van der Waals surface area contributed by atoms with Gasteiger partial charge in [-0.15, -0.1) is 11.3 Å². The highest BCUT2D eigenvalue weighted by atomic mass is 32.2. The van der Waals surface area contributed by atoms with Crippen LogP contribution in [0.4, 0.5) is 0 Å². The van der Waals surface area contributed by atoms with E-state index in [1.54, 1.807) is 23.4 Å². The number of fused-ring (bicyclic) bond motifs is 1. The lowest BCUT2D eigenvalue weighted by Crippen LogP contribution is -2.23. The van der Waals surface area contributed by atoms with Crippen LogP contribution in [0.2, 0.25) is 0 Å². The third kappa shape index (κ3) is 4.04. The lowest BCUT2D eigenvalue weighted by atomic mass is 10.2. The van der Waals surface area contributed by atoms with Crippen LogP contribution in [-0.2, 0) is 11.3 Å². The number of ether oxygens (including phenoxy) is 1. The molecule has 0 aliphatic rings. The number of benzene rings is 2. The number of thioether (sulfide) groups is 1. The largest absolute Gasteiger partial charge is 0.384 e. The molecule has 2 heterocycles. The van der Waals surface area contributed by atoms with E-state index < -0.39 is 0 Å². The minimum Gasteiger partial charge on any atom is -0.384 e. The van der Waals surface area contributed by atoms with Crippen LogP contribution in [-0.4, -0.2) is 29.0 Å². The van der Waals surface area contributed by atoms with Crippen molar-refractivity contribution in [2.24, 2.45) is 0 Å². The van der Waals surface area contributed by atoms with Gasteiger partial charge in [-0.3, -0.25) is 9.36 Å². The van der Waals surface area contributed by atoms with Gasteiger partial charge in [0.2, 0.25) is 0 Å². The zero-order valence-corrected chi connectivity index (χ0v) is 17.1. The van der Waals surface area contributed by atoms with Crippen molar-refractivity contribution in [1.29, 1.82) is 0 Å². The molecule has 0 saturated carbocycles. The van der Waals surface area contributed by atoms with Gasteiger partial charge in [-0.25, -0.2) is 4.98 Å². The fourth-order valence-electron chi connectivity index (χ4n) is 2.97. The van der Waals surface area contributed by atoms with Crippen molar-refractivity contribution in [1.82, 2.24) is 9.55 Å². The standard InChI is InChI=1S/C22H20N2O2S2/c1-26-12-13-27-22-23-18-14-19(17-10-6-3-7-11-17)28-20(18)21(25)24(22)15-16-8-4-2-5-9-16/h2-11,14H,12-13,15H2,1H3. The zero-order valence-electron chi connectivity index (χ0n) is 15.5. The lowest BCUT2D eigenvalue weighted by molar-refractivity contribution is 0.218. The number of thiophene rings is 1. The first-order chi connectivity index (χ1) is 13.8. The number of rotatable bonds is 7. The molecule has 2 aromatic carbocycles. The molecule has 0 radical (unpaired) electrons. The second-order valence-corrected chi connectivity index (χ2v) is 8.42. The van der Waals surface area contributed by atoms with E-state index in [1.165, 1.54) is 11.3 Å². The van der Waals surface area contributed by atoms with Crippen LogP contribution in [0.1, 0.15) is 5.56 Å². The molecule has 0 saturated heterocycles. The zero-order chi connectivity index (χ0) is 19.3. The normalized spacial score (nSPS) is 11.2. The predicted molar refractivity (Wildman–Crippen MR) is 117 cm³/mol. The second-order valence-electron chi connectivity index (χ2n) is 6.30. The van der Waals surface area contributed by atoms with Crippen molar-refractivity contribution in [2.45, 2.75) is 11.7 Å². The number of hydrogen-bond donors (Lipinski definition) is 0. The summed E-state index contributed by atoms with van der Waals surface area (Å²) in [6.45, 7) is 1.12. The Kier molecular flexibility index (Phi) is 5.90. The Bertz CT molecular complexity index is 1120. The summed E-state index contributed by atoms with van der Waals surface area (Å²) < 4.78 is 7.65. The van der Waals surface area contributed by atoms with Crippen LogP contribution in [0.5, 0.6) is 0 Å². The quantitative estimate of drug-likeness (QED) is 0.248. The number of hydrogen-bond acceptors (Lipinski definition) is 5. The molecule has 6 heteroatoms. The van der Waals surface area contributed by atoms with Crippen LogP contribution in [0.15, 0.2) is 76.7 Å². The molecule has 0 atom stereocenters. The van der Waals surface area contributed by atoms with E-state index in [9.17, 15) is 4.79 Å². The molecule has 142 valence electrons. The fraction of sp³-hybridized carbons (Fsp3) is 0.182. The highest BCUT2D eigenvalue weighted by Crippen LogP contribution is 2.32. The summed E-state index contributed by atoms with van der Waals surface area (Å²) in [6, 6.07) is 22.2. The van der Waals surface area contributed by atoms with Gasteiger partial charge in [0, 0.05) is 17.7 Å². The van der Waals surface area contributed by atoms with Crippen LogP contribution in [0.25, 0.3) is 20.7 Å². The molecule has 0 aliphatic carbocycles. The average molecular weight is 409 g/mol. The third-order valence-corrected chi connectivity index (χ3v) is 6.46. The van der Waals surface area contributed by atoms with Crippen LogP contribution in [0.3, 0.4) is 0 Å². The Hall–Kier alpha value is -2.41. The van der Waals surface area contributed by atoms with E-state index in [0.29, 0.717) is 17.9 Å². The van der Waals surface area contributed by atoms with Crippen LogP contribution in [0, 0.1) is 0 Å². The van der Waals surface area contributed by atoms with Crippen molar-refractivity contribution in [3.63, 3.8) is 0 Å². The number of aromatic nitrogens is 2. The molecule has 28 heavy (non-hydrogen) atoms. The molecule has 0 amide bonds. The van der Waals surface area contributed by atoms with Gasteiger partial charge in [0.1, 0.15) is 4.70 Å². The van der Waals surface area contributed by atoms with Gasteiger partial charge in [0.25, 0.3) is 5.56 Å². The molecular formula is C22H20N2O2S2. The maximum atomic E-state index is 13.3. The maximum absolute atomic E-state index is 13.3. The van der Waals surface area contributed by atoms with Crippen molar-refractivity contribution in [3.05, 3.63) is 82.6 Å². The summed E-state index contributed by atoms with van der Waals surface area (Å²) in [7, 11) is 1.68. The summed E-state index contributed by atoms with van der Waals surface area (Å²) in [5.41, 5.74) is 2.96.